The van der Waals surface area contributed by atoms with Gasteiger partial charge in [-0.2, -0.15) is 0 Å². The molecule has 0 nitrogen and oxygen atoms in total. The molecule has 0 N–H and O–H groups in total. The number of hydrogen-bond donors (Lipinski definition) is 0. The predicted octanol–water partition coefficient (Wildman–Crippen LogP) is -5.99. The SMILES string of the molecule is [F-].[F-].[Y+3].[Yb+3]. The molecule has 4 heavy (non-hydrogen) atoms. The van der Waals surface area contributed by atoms with Crippen molar-refractivity contribution in [2.24, 2.45) is 0 Å². The second-order valence-electron chi connectivity index (χ2n) is 0. The molecule has 0 saturated heterocycles. The van der Waals surface area contributed by atoms with Crippen LogP contribution in [-0.2, 0) is 32.7 Å². The van der Waals surface area contributed by atoms with Crippen molar-refractivity contribution in [3.05, 3.63) is 0 Å². The predicted molar refractivity (Wildman–Crippen MR) is 0 cm³/mol. The van der Waals surface area contributed by atoms with Crippen molar-refractivity contribution in [1.29, 1.82) is 0 Å². The Kier molecular flexibility index (Phi) is 141. The Morgan fingerprint density at radius 2 is 0.750 bits per heavy atom. The summed E-state index contributed by atoms with van der Waals surface area (Å²) >= 11 is 0. The summed E-state index contributed by atoms with van der Waals surface area (Å²) in [5.74, 6) is 0. The maximum absolute atomic E-state index is 0. The van der Waals surface area contributed by atoms with Crippen LogP contribution in [0, 0.1) is 46.9 Å². The Bertz CT molecular complexity index is 6.00. The average Bonchev–Trinajstić information content (AvgIpc) is 0. The molecule has 0 amide bonds. The van der Waals surface area contributed by atoms with Crippen LogP contribution in [0.2, 0.25) is 0 Å². The second-order valence-corrected chi connectivity index (χ2v) is 0. The van der Waals surface area contributed by atoms with Crippen molar-refractivity contribution in [2.45, 2.75) is 0 Å². The third kappa shape index (κ3) is 8.82. The van der Waals surface area contributed by atoms with Crippen LogP contribution >= 0.6 is 0 Å². The smallest absolute Gasteiger partial charge is 1.00 e. The van der Waals surface area contributed by atoms with Crippen LogP contribution in [0.4, 0.5) is 0 Å². The molecule has 0 aliphatic rings. The monoisotopic (exact) mass is 301 g/mol. The zero-order chi connectivity index (χ0) is 0. The van der Waals surface area contributed by atoms with Gasteiger partial charge in [0, 0.05) is 0 Å². The van der Waals surface area contributed by atoms with Gasteiger partial charge in [0.1, 0.15) is 0 Å². The fraction of sp³-hybridized carbons (Fsp3) is 0. The number of halogens is 2. The van der Waals surface area contributed by atoms with Gasteiger partial charge in [-0.25, -0.2) is 0 Å². The minimum atomic E-state index is 0. The molecule has 0 aromatic carbocycles. The molecule has 0 heterocycles. The Hall–Kier alpha value is 2.48. The van der Waals surface area contributed by atoms with Gasteiger partial charge < -0.3 is 9.41 Å². The number of hydrogen-bond acceptors (Lipinski definition) is 0. The van der Waals surface area contributed by atoms with E-state index in [1.807, 2.05) is 0 Å². The third-order valence-corrected chi connectivity index (χ3v) is 0. The van der Waals surface area contributed by atoms with Gasteiger partial charge in [-0.05, 0) is 0 Å². The first-order valence-corrected chi connectivity index (χ1v) is 0. The Balaban J connectivity index is 0. The van der Waals surface area contributed by atoms with E-state index in [1.54, 1.807) is 0 Å². The van der Waals surface area contributed by atoms with E-state index in [4.69, 9.17) is 0 Å². The van der Waals surface area contributed by atoms with Crippen molar-refractivity contribution >= 4 is 0 Å². The summed E-state index contributed by atoms with van der Waals surface area (Å²) in [6.45, 7) is 0. The Morgan fingerprint density at radius 1 is 0.750 bits per heavy atom. The molecule has 0 aromatic heterocycles. The van der Waals surface area contributed by atoms with E-state index in [0.717, 1.165) is 0 Å². The van der Waals surface area contributed by atoms with E-state index in [2.05, 4.69) is 0 Å². The largest absolute Gasteiger partial charge is 3.00 e. The molecule has 0 aromatic rings. The third-order valence-electron chi connectivity index (χ3n) is 0. The first-order valence-electron chi connectivity index (χ1n) is 0. The fourth-order valence-corrected chi connectivity index (χ4v) is 0. The minimum Gasteiger partial charge on any atom is -1.00 e. The standard InChI is InChI=1S/2FH.Y.Yb/h2*1H;;/q;;2*+3/p-2. The van der Waals surface area contributed by atoms with Crippen molar-refractivity contribution in [3.63, 3.8) is 0 Å². The van der Waals surface area contributed by atoms with E-state index >= 15 is 0 Å². The van der Waals surface area contributed by atoms with E-state index in [0.29, 0.717) is 0 Å². The first-order chi connectivity index (χ1) is 0. The van der Waals surface area contributed by atoms with E-state index < -0.39 is 0 Å². The van der Waals surface area contributed by atoms with Gasteiger partial charge >= 0.3 is 79.6 Å². The van der Waals surface area contributed by atoms with Crippen LogP contribution in [0.25, 0.3) is 0 Å². The molecule has 0 unspecified atom stereocenters. The summed E-state index contributed by atoms with van der Waals surface area (Å²) in [6, 6.07) is 0. The van der Waals surface area contributed by atoms with Crippen LogP contribution in [0.1, 0.15) is 0 Å². The van der Waals surface area contributed by atoms with Gasteiger partial charge in [0.15, 0.2) is 0 Å². The fourth-order valence-electron chi connectivity index (χ4n) is 0. The Morgan fingerprint density at radius 3 is 0.750 bits per heavy atom. The maximum Gasteiger partial charge on any atom is 3.00 e. The van der Waals surface area contributed by atoms with Gasteiger partial charge in [-0.15, -0.1) is 0 Å². The van der Waals surface area contributed by atoms with Crippen LogP contribution in [-0.4, -0.2) is 0 Å². The van der Waals surface area contributed by atoms with Gasteiger partial charge in [-0.3, -0.25) is 0 Å². The molecule has 0 rings (SSSR count). The topological polar surface area (TPSA) is 0 Å². The van der Waals surface area contributed by atoms with Crippen LogP contribution in [0.3, 0.4) is 0 Å². The maximum atomic E-state index is 0. The van der Waals surface area contributed by atoms with Gasteiger partial charge in [0.2, 0.25) is 0 Å². The molecule has 4 heteroatoms. The molecule has 0 fully saturated rings. The molecule has 0 atom stereocenters. The van der Waals surface area contributed by atoms with Gasteiger partial charge in [0.25, 0.3) is 0 Å². The van der Waals surface area contributed by atoms with Crippen LogP contribution < -0.4 is 9.41 Å². The van der Waals surface area contributed by atoms with Gasteiger partial charge in [-0.1, -0.05) is 0 Å². The molecule has 0 bridgehead atoms. The summed E-state index contributed by atoms with van der Waals surface area (Å²) in [5.41, 5.74) is 0. The summed E-state index contributed by atoms with van der Waals surface area (Å²) in [6.07, 6.45) is 0. The normalized spacial score (nSPS) is 0. The minimum absolute atomic E-state index is 0. The molecular weight excluding hydrogens is 300 g/mol. The quantitative estimate of drug-likeness (QED) is 0.418. The summed E-state index contributed by atoms with van der Waals surface area (Å²) in [5, 5.41) is 0. The van der Waals surface area contributed by atoms with Crippen LogP contribution in [0.5, 0.6) is 0 Å². The van der Waals surface area contributed by atoms with Crippen LogP contribution in [0.15, 0.2) is 0 Å². The summed E-state index contributed by atoms with van der Waals surface area (Å²) in [7, 11) is 0. The summed E-state index contributed by atoms with van der Waals surface area (Å²) in [4.78, 5) is 0. The molecule has 0 spiro atoms. The van der Waals surface area contributed by atoms with Crippen molar-refractivity contribution in [1.82, 2.24) is 0 Å². The molecular formula is F2YYb+4. The zero-order valence-corrected chi connectivity index (χ0v) is 6.15. The van der Waals surface area contributed by atoms with E-state index in [9.17, 15) is 0 Å². The van der Waals surface area contributed by atoms with Crippen molar-refractivity contribution in [2.75, 3.05) is 0 Å². The molecule has 0 aliphatic carbocycles. The van der Waals surface area contributed by atoms with Gasteiger partial charge in [0.05, 0.1) is 0 Å². The molecule has 0 aliphatic heterocycles. The molecule has 27 valence electrons. The number of rotatable bonds is 0. The van der Waals surface area contributed by atoms with Crippen molar-refractivity contribution in [3.8, 4) is 0 Å². The second kappa shape index (κ2) is 17.9. The molecule has 0 saturated carbocycles. The van der Waals surface area contributed by atoms with E-state index in [1.165, 1.54) is 0 Å². The zero-order valence-electron chi connectivity index (χ0n) is 1.60. The van der Waals surface area contributed by atoms with E-state index in [-0.39, 0.29) is 89.0 Å². The summed E-state index contributed by atoms with van der Waals surface area (Å²) < 4.78 is 0. The van der Waals surface area contributed by atoms with Crippen molar-refractivity contribution < 1.29 is 89.0 Å². The Labute approximate surface area is 86.9 Å². The average molecular weight is 300 g/mol. The first kappa shape index (κ1) is 31.6. The molecule has 1 radical (unpaired) electrons.